The van der Waals surface area contributed by atoms with Crippen molar-refractivity contribution >= 4 is 43.4 Å². The molecule has 1 unspecified atom stereocenters. The molecule has 6 nitrogen and oxygen atoms in total. The molecule has 1 aliphatic heterocycles. The van der Waals surface area contributed by atoms with Crippen LogP contribution in [-0.2, 0) is 14.8 Å². The van der Waals surface area contributed by atoms with E-state index in [0.717, 1.165) is 23.0 Å². The fourth-order valence-electron chi connectivity index (χ4n) is 2.74. The van der Waals surface area contributed by atoms with E-state index in [-0.39, 0.29) is 18.7 Å². The summed E-state index contributed by atoms with van der Waals surface area (Å²) in [5.41, 5.74) is -0.569. The highest BCUT2D eigenvalue weighted by Gasteiger charge is 2.33. The van der Waals surface area contributed by atoms with Gasteiger partial charge in [0.15, 0.2) is 0 Å². The molecule has 1 atom stereocenters. The van der Waals surface area contributed by atoms with Gasteiger partial charge in [0.2, 0.25) is 0 Å². The molecule has 0 N–H and O–H groups in total. The molecule has 0 aliphatic carbocycles. The van der Waals surface area contributed by atoms with E-state index >= 15 is 0 Å². The molecule has 2 heterocycles. The van der Waals surface area contributed by atoms with Crippen molar-refractivity contribution in [1.29, 1.82) is 0 Å². The zero-order valence-corrected chi connectivity index (χ0v) is 18.2. The van der Waals surface area contributed by atoms with Crippen LogP contribution in [0.1, 0.15) is 40.0 Å². The first-order valence-electron chi connectivity index (χ1n) is 8.22. The van der Waals surface area contributed by atoms with E-state index in [1.54, 1.807) is 24.1 Å². The van der Waals surface area contributed by atoms with E-state index in [4.69, 9.17) is 4.74 Å². The van der Waals surface area contributed by atoms with Gasteiger partial charge in [0, 0.05) is 26.2 Å². The van der Waals surface area contributed by atoms with Gasteiger partial charge in [-0.25, -0.2) is 13.2 Å². The molecule has 0 spiro atoms. The Hall–Kier alpha value is -0.640. The third-order valence-electron chi connectivity index (χ3n) is 3.94. The topological polar surface area (TPSA) is 66.9 Å². The van der Waals surface area contributed by atoms with E-state index in [1.807, 2.05) is 20.8 Å². The van der Waals surface area contributed by atoms with Crippen molar-refractivity contribution in [2.24, 2.45) is 0 Å². The zero-order chi connectivity index (χ0) is 18.8. The molecule has 25 heavy (non-hydrogen) atoms. The summed E-state index contributed by atoms with van der Waals surface area (Å²) in [5.74, 6) is 0. The number of halogens is 1. The summed E-state index contributed by atoms with van der Waals surface area (Å²) in [7, 11) is -2.00. The number of likely N-dealkylation sites (tertiary alicyclic amines) is 1. The fourth-order valence-corrected chi connectivity index (χ4v) is 6.17. The molecule has 1 saturated heterocycles. The molecular formula is C16H25BrN2O4S2. The first-order chi connectivity index (χ1) is 11.5. The molecule has 0 bridgehead atoms. The lowest BCUT2D eigenvalue weighted by molar-refractivity contribution is 0.00829. The largest absolute Gasteiger partial charge is 0.444 e. The summed E-state index contributed by atoms with van der Waals surface area (Å²) in [6.07, 6.45) is 2.28. The van der Waals surface area contributed by atoms with E-state index < -0.39 is 15.6 Å². The van der Waals surface area contributed by atoms with Crippen molar-refractivity contribution < 1.29 is 17.9 Å². The lowest BCUT2D eigenvalue weighted by atomic mass is 10.0. The van der Waals surface area contributed by atoms with Gasteiger partial charge in [0.25, 0.3) is 10.0 Å². The highest BCUT2D eigenvalue weighted by molar-refractivity contribution is 9.11. The van der Waals surface area contributed by atoms with Gasteiger partial charge in [0.05, 0.1) is 3.79 Å². The number of carbonyl (C=O) groups excluding carboxylic acids is 1. The van der Waals surface area contributed by atoms with Gasteiger partial charge in [-0.15, -0.1) is 11.3 Å². The van der Waals surface area contributed by atoms with Crippen LogP contribution in [0.15, 0.2) is 20.1 Å². The lowest BCUT2D eigenvalue weighted by Crippen LogP contribution is -2.51. The molecule has 1 amide bonds. The quantitative estimate of drug-likeness (QED) is 0.693. The van der Waals surface area contributed by atoms with Crippen LogP contribution >= 0.6 is 27.3 Å². The first-order valence-corrected chi connectivity index (χ1v) is 11.3. The summed E-state index contributed by atoms with van der Waals surface area (Å²) in [5, 5.41) is 0. The van der Waals surface area contributed by atoms with Crippen molar-refractivity contribution in [2.75, 3.05) is 20.1 Å². The van der Waals surface area contributed by atoms with Crippen LogP contribution in [0.25, 0.3) is 0 Å². The predicted octanol–water partition coefficient (Wildman–Crippen LogP) is 3.92. The Morgan fingerprint density at radius 3 is 2.64 bits per heavy atom. The van der Waals surface area contributed by atoms with Crippen molar-refractivity contribution in [1.82, 2.24) is 9.21 Å². The van der Waals surface area contributed by atoms with Crippen LogP contribution in [0.2, 0.25) is 0 Å². The number of sulfonamides is 1. The minimum absolute atomic E-state index is 0.174. The Morgan fingerprint density at radius 1 is 1.40 bits per heavy atom. The smallest absolute Gasteiger partial charge is 0.410 e. The van der Waals surface area contributed by atoms with Crippen LogP contribution in [0.5, 0.6) is 0 Å². The highest BCUT2D eigenvalue weighted by Crippen LogP contribution is 2.29. The maximum Gasteiger partial charge on any atom is 0.410 e. The normalized spacial score (nSPS) is 19.3. The number of ether oxygens (including phenoxy) is 1. The van der Waals surface area contributed by atoms with Gasteiger partial charge in [-0.1, -0.05) is 0 Å². The Bertz CT molecular complexity index is 712. The molecule has 0 saturated carbocycles. The van der Waals surface area contributed by atoms with Crippen LogP contribution in [0, 0.1) is 0 Å². The Balaban J connectivity index is 2.11. The molecule has 9 heteroatoms. The average Bonchev–Trinajstić information content (AvgIpc) is 2.93. The number of piperidine rings is 1. The number of nitrogens with zero attached hydrogens (tertiary/aromatic N) is 2. The molecule has 2 rings (SSSR count). The Kier molecular flexibility index (Phi) is 6.56. The Morgan fingerprint density at radius 2 is 2.08 bits per heavy atom. The molecular weight excluding hydrogens is 428 g/mol. The number of rotatable bonds is 4. The van der Waals surface area contributed by atoms with Crippen molar-refractivity contribution in [3.05, 3.63) is 15.9 Å². The van der Waals surface area contributed by atoms with Crippen LogP contribution in [-0.4, -0.2) is 55.5 Å². The van der Waals surface area contributed by atoms with Gasteiger partial charge < -0.3 is 9.64 Å². The second-order valence-electron chi connectivity index (χ2n) is 7.17. The minimum atomic E-state index is -3.56. The van der Waals surface area contributed by atoms with Gasteiger partial charge in [0.1, 0.15) is 9.81 Å². The zero-order valence-electron chi connectivity index (χ0n) is 15.0. The second kappa shape index (κ2) is 7.94. The van der Waals surface area contributed by atoms with E-state index in [1.165, 1.54) is 15.6 Å². The first kappa shape index (κ1) is 20.7. The maximum atomic E-state index is 12.7. The van der Waals surface area contributed by atoms with Crippen LogP contribution in [0.3, 0.4) is 0 Å². The number of thiophene rings is 1. The summed E-state index contributed by atoms with van der Waals surface area (Å²) >= 11 is 4.48. The van der Waals surface area contributed by atoms with Gasteiger partial charge >= 0.3 is 6.09 Å². The second-order valence-corrected chi connectivity index (χ2v) is 11.9. The van der Waals surface area contributed by atoms with Crippen LogP contribution < -0.4 is 0 Å². The van der Waals surface area contributed by atoms with Crippen molar-refractivity contribution in [3.63, 3.8) is 0 Å². The average molecular weight is 453 g/mol. The van der Waals surface area contributed by atoms with Crippen molar-refractivity contribution in [3.8, 4) is 0 Å². The monoisotopic (exact) mass is 452 g/mol. The van der Waals surface area contributed by atoms with Crippen LogP contribution in [0.4, 0.5) is 4.79 Å². The van der Waals surface area contributed by atoms with Gasteiger partial charge in [-0.05, 0) is 68.1 Å². The maximum absolute atomic E-state index is 12.7. The number of likely N-dealkylation sites (N-methyl/N-ethyl adjacent to an activating group) is 1. The third kappa shape index (κ3) is 5.42. The summed E-state index contributed by atoms with van der Waals surface area (Å²) in [4.78, 5) is 14.1. The molecule has 1 aliphatic rings. The summed E-state index contributed by atoms with van der Waals surface area (Å²) < 4.78 is 33.3. The van der Waals surface area contributed by atoms with Crippen molar-refractivity contribution in [2.45, 2.75) is 55.9 Å². The van der Waals surface area contributed by atoms with E-state index in [9.17, 15) is 13.2 Å². The van der Waals surface area contributed by atoms with E-state index in [0.29, 0.717) is 10.8 Å². The number of hydrogen-bond donors (Lipinski definition) is 0. The molecule has 142 valence electrons. The van der Waals surface area contributed by atoms with Gasteiger partial charge in [-0.2, -0.15) is 4.31 Å². The minimum Gasteiger partial charge on any atom is -0.444 e. The molecule has 1 fully saturated rings. The Labute approximate surface area is 162 Å². The van der Waals surface area contributed by atoms with Gasteiger partial charge in [-0.3, -0.25) is 0 Å². The van der Waals surface area contributed by atoms with E-state index in [2.05, 4.69) is 15.9 Å². The number of amides is 1. The molecule has 1 aromatic heterocycles. The molecule has 0 aromatic carbocycles. The third-order valence-corrected chi connectivity index (χ3v) is 7.85. The molecule has 1 aromatic rings. The standard InChI is InChI=1S/C16H25BrN2O4S2/c1-16(2,3)23-15(20)19-10-6-5-7-12(19)11-18(4)25(21,22)14-9-8-13(17)24-14/h8-9,12H,5-7,10-11H2,1-4H3. The molecule has 0 radical (unpaired) electrons. The summed E-state index contributed by atoms with van der Waals surface area (Å²) in [6.45, 7) is 6.34. The SMILES string of the molecule is CN(CC1CCCCN1C(=O)OC(C)(C)C)S(=O)(=O)c1ccc(Br)s1. The summed E-state index contributed by atoms with van der Waals surface area (Å²) in [6, 6.07) is 3.14. The highest BCUT2D eigenvalue weighted by atomic mass is 79.9. The lowest BCUT2D eigenvalue weighted by Gasteiger charge is -2.38. The predicted molar refractivity (Wildman–Crippen MR) is 102 cm³/mol. The number of hydrogen-bond acceptors (Lipinski definition) is 5. The fraction of sp³-hybridized carbons (Fsp3) is 0.688. The number of carbonyl (C=O) groups is 1.